The van der Waals surface area contributed by atoms with E-state index >= 15 is 0 Å². The maximum absolute atomic E-state index is 12.3. The fourth-order valence-corrected chi connectivity index (χ4v) is 3.83. The van der Waals surface area contributed by atoms with Gasteiger partial charge in [-0.1, -0.05) is 11.8 Å². The molecule has 0 bridgehead atoms. The number of ether oxygens (including phenoxy) is 1. The minimum atomic E-state index is -0.151. The summed E-state index contributed by atoms with van der Waals surface area (Å²) >= 11 is 4.28. The van der Waals surface area contributed by atoms with Crippen molar-refractivity contribution in [1.29, 1.82) is 0 Å². The van der Waals surface area contributed by atoms with Crippen LogP contribution in [0.1, 0.15) is 11.7 Å². The molecule has 1 saturated heterocycles. The Bertz CT molecular complexity index is 601. The summed E-state index contributed by atoms with van der Waals surface area (Å²) in [6.07, 6.45) is 1.85. The molecule has 9 heteroatoms. The molecule has 0 saturated carbocycles. The molecule has 21 heavy (non-hydrogen) atoms. The van der Waals surface area contributed by atoms with Gasteiger partial charge in [0.15, 0.2) is 0 Å². The number of aromatic nitrogens is 2. The summed E-state index contributed by atoms with van der Waals surface area (Å²) in [5.41, 5.74) is 1.12. The number of rotatable bonds is 3. The molecule has 0 radical (unpaired) electrons. The number of thiophene rings is 1. The summed E-state index contributed by atoms with van der Waals surface area (Å²) < 4.78 is 9.86. The quantitative estimate of drug-likeness (QED) is 0.869. The zero-order chi connectivity index (χ0) is 14.7. The van der Waals surface area contributed by atoms with Crippen LogP contribution in [0.2, 0.25) is 0 Å². The highest BCUT2D eigenvalue weighted by atomic mass is 32.2. The molecular weight excluding hydrogens is 328 g/mol. The predicted molar refractivity (Wildman–Crippen MR) is 85.3 cm³/mol. The van der Waals surface area contributed by atoms with Gasteiger partial charge < -0.3 is 9.64 Å². The van der Waals surface area contributed by atoms with Gasteiger partial charge in [-0.15, -0.1) is 0 Å². The Kier molecular flexibility index (Phi) is 4.73. The van der Waals surface area contributed by atoms with Gasteiger partial charge in [-0.3, -0.25) is 5.32 Å². The Morgan fingerprint density at radius 1 is 1.62 bits per heavy atom. The normalized spacial score (nSPS) is 18.7. The summed E-state index contributed by atoms with van der Waals surface area (Å²) in [5.74, 6) is 0. The van der Waals surface area contributed by atoms with E-state index in [2.05, 4.69) is 20.1 Å². The molecule has 1 atom stereocenters. The van der Waals surface area contributed by atoms with Gasteiger partial charge in [-0.05, 0) is 28.6 Å². The number of amides is 2. The van der Waals surface area contributed by atoms with E-state index < -0.39 is 0 Å². The van der Waals surface area contributed by atoms with Crippen LogP contribution >= 0.6 is 34.6 Å². The number of nitrogens with zero attached hydrogens (tertiary/aromatic N) is 3. The van der Waals surface area contributed by atoms with E-state index in [1.54, 1.807) is 16.2 Å². The maximum atomic E-state index is 12.3. The van der Waals surface area contributed by atoms with Gasteiger partial charge in [0, 0.05) is 18.1 Å². The van der Waals surface area contributed by atoms with Gasteiger partial charge in [-0.25, -0.2) is 4.79 Å². The molecule has 3 rings (SSSR count). The second kappa shape index (κ2) is 6.73. The van der Waals surface area contributed by atoms with Gasteiger partial charge in [-0.2, -0.15) is 20.7 Å². The lowest BCUT2D eigenvalue weighted by atomic mass is 10.1. The molecule has 6 nitrogen and oxygen atoms in total. The number of urea groups is 1. The monoisotopic (exact) mass is 342 g/mol. The van der Waals surface area contributed by atoms with Gasteiger partial charge in [0.2, 0.25) is 10.3 Å². The van der Waals surface area contributed by atoms with Crippen LogP contribution in [0, 0.1) is 0 Å². The lowest BCUT2D eigenvalue weighted by Crippen LogP contribution is -2.44. The molecule has 3 heterocycles. The molecule has 0 aliphatic carbocycles. The van der Waals surface area contributed by atoms with Crippen molar-refractivity contribution in [3.63, 3.8) is 0 Å². The number of morpholine rings is 1. The van der Waals surface area contributed by atoms with Crippen LogP contribution in [0.15, 0.2) is 22.0 Å². The molecule has 1 aliphatic heterocycles. The molecule has 2 aromatic heterocycles. The SMILES string of the molecule is CSc1nsc(NC(=O)N2CCO[C@H](c3ccsc3)C2)n1. The second-order valence-corrected chi connectivity index (χ2v) is 6.68. The van der Waals surface area contributed by atoms with Crippen LogP contribution in [-0.2, 0) is 4.74 Å². The van der Waals surface area contributed by atoms with E-state index in [1.165, 1.54) is 23.3 Å². The van der Waals surface area contributed by atoms with E-state index in [1.807, 2.05) is 17.7 Å². The number of carbonyl (C=O) groups excluding carboxylic acids is 1. The van der Waals surface area contributed by atoms with E-state index in [4.69, 9.17) is 4.74 Å². The van der Waals surface area contributed by atoms with Gasteiger partial charge in [0.25, 0.3) is 0 Å². The summed E-state index contributed by atoms with van der Waals surface area (Å²) in [4.78, 5) is 18.2. The van der Waals surface area contributed by atoms with Crippen molar-refractivity contribution < 1.29 is 9.53 Å². The zero-order valence-electron chi connectivity index (χ0n) is 11.3. The summed E-state index contributed by atoms with van der Waals surface area (Å²) in [6.45, 7) is 1.68. The van der Waals surface area contributed by atoms with E-state index in [0.717, 1.165) is 5.56 Å². The average molecular weight is 342 g/mol. The fourth-order valence-electron chi connectivity index (χ4n) is 2.01. The first-order valence-corrected chi connectivity index (χ1v) is 9.27. The third-order valence-corrected chi connectivity index (χ3v) is 5.07. The van der Waals surface area contributed by atoms with E-state index in [0.29, 0.717) is 30.0 Å². The first-order valence-electron chi connectivity index (χ1n) is 6.33. The molecule has 1 N–H and O–H groups in total. The Hall–Kier alpha value is -1.16. The van der Waals surface area contributed by atoms with Crippen LogP contribution < -0.4 is 5.32 Å². The molecule has 0 unspecified atom stereocenters. The number of hydrogen-bond acceptors (Lipinski definition) is 7. The van der Waals surface area contributed by atoms with Crippen LogP contribution in [0.5, 0.6) is 0 Å². The van der Waals surface area contributed by atoms with Crippen molar-refractivity contribution in [3.8, 4) is 0 Å². The fraction of sp³-hybridized carbons (Fsp3) is 0.417. The summed E-state index contributed by atoms with van der Waals surface area (Å²) in [6, 6.07) is 1.88. The Labute approximate surface area is 134 Å². The standard InChI is InChI=1S/C12H14N4O2S3/c1-19-11-13-10(21-15-11)14-12(17)16-3-4-18-9(6-16)8-2-5-20-7-8/h2,5,7,9H,3-4,6H2,1H3,(H,13,14,15,17)/t9-/m0/s1. The zero-order valence-corrected chi connectivity index (χ0v) is 13.8. The van der Waals surface area contributed by atoms with Crippen molar-refractivity contribution in [2.75, 3.05) is 31.3 Å². The number of nitrogens with one attached hydrogen (secondary N) is 1. The van der Waals surface area contributed by atoms with Crippen LogP contribution in [0.3, 0.4) is 0 Å². The molecule has 1 aliphatic rings. The van der Waals surface area contributed by atoms with Crippen molar-refractivity contribution in [3.05, 3.63) is 22.4 Å². The van der Waals surface area contributed by atoms with Crippen LogP contribution in [-0.4, -0.2) is 46.2 Å². The first kappa shape index (κ1) is 14.8. The third-order valence-electron chi connectivity index (χ3n) is 3.07. The molecule has 0 aromatic carbocycles. The maximum Gasteiger partial charge on any atom is 0.323 e. The Balaban J connectivity index is 1.61. The van der Waals surface area contributed by atoms with E-state index in [9.17, 15) is 4.79 Å². The number of thioether (sulfide) groups is 1. The lowest BCUT2D eigenvalue weighted by Gasteiger charge is -2.32. The Morgan fingerprint density at radius 3 is 3.24 bits per heavy atom. The van der Waals surface area contributed by atoms with Crippen molar-refractivity contribution in [2.45, 2.75) is 11.3 Å². The van der Waals surface area contributed by atoms with Gasteiger partial charge >= 0.3 is 6.03 Å². The smallest absolute Gasteiger partial charge is 0.323 e. The van der Waals surface area contributed by atoms with Crippen molar-refractivity contribution in [1.82, 2.24) is 14.3 Å². The lowest BCUT2D eigenvalue weighted by molar-refractivity contribution is -0.0132. The molecule has 1 fully saturated rings. The molecule has 2 amide bonds. The van der Waals surface area contributed by atoms with Gasteiger partial charge in [0.05, 0.1) is 13.2 Å². The third kappa shape index (κ3) is 3.54. The topological polar surface area (TPSA) is 67.4 Å². The summed E-state index contributed by atoms with van der Waals surface area (Å²) in [7, 11) is 0. The molecule has 112 valence electrons. The predicted octanol–water partition coefficient (Wildman–Crippen LogP) is 2.93. The molecule has 2 aromatic rings. The average Bonchev–Trinajstić information content (AvgIpc) is 3.18. The number of hydrogen-bond donors (Lipinski definition) is 1. The second-order valence-electron chi connectivity index (χ2n) is 4.38. The van der Waals surface area contributed by atoms with Crippen molar-refractivity contribution in [2.24, 2.45) is 0 Å². The minimum absolute atomic E-state index is 0.0491. The molecular formula is C12H14N4O2S3. The number of anilines is 1. The molecule has 0 spiro atoms. The van der Waals surface area contributed by atoms with Crippen LogP contribution in [0.25, 0.3) is 0 Å². The highest BCUT2D eigenvalue weighted by Crippen LogP contribution is 2.25. The minimum Gasteiger partial charge on any atom is -0.370 e. The highest BCUT2D eigenvalue weighted by molar-refractivity contribution is 7.98. The van der Waals surface area contributed by atoms with Crippen molar-refractivity contribution >= 4 is 45.8 Å². The number of carbonyl (C=O) groups is 1. The van der Waals surface area contributed by atoms with Crippen LogP contribution in [0.4, 0.5) is 9.93 Å². The first-order chi connectivity index (χ1) is 10.3. The largest absolute Gasteiger partial charge is 0.370 e. The van der Waals surface area contributed by atoms with Gasteiger partial charge in [0.1, 0.15) is 6.10 Å². The highest BCUT2D eigenvalue weighted by Gasteiger charge is 2.26. The Morgan fingerprint density at radius 2 is 2.52 bits per heavy atom. The summed E-state index contributed by atoms with van der Waals surface area (Å²) in [5, 5.41) is 8.08. The van der Waals surface area contributed by atoms with E-state index in [-0.39, 0.29) is 12.1 Å².